The third-order valence-electron chi connectivity index (χ3n) is 4.33. The summed E-state index contributed by atoms with van der Waals surface area (Å²) in [4.78, 5) is 14.1. The Morgan fingerprint density at radius 3 is 2.87 bits per heavy atom. The molecule has 1 aromatic rings. The summed E-state index contributed by atoms with van der Waals surface area (Å²) in [6.45, 7) is 2.93. The third-order valence-corrected chi connectivity index (χ3v) is 4.33. The molecule has 1 atom stereocenters. The van der Waals surface area contributed by atoms with Gasteiger partial charge in [-0.1, -0.05) is 6.07 Å². The van der Waals surface area contributed by atoms with E-state index in [0.717, 1.165) is 29.9 Å². The predicted molar refractivity (Wildman–Crippen MR) is 83.8 cm³/mol. The van der Waals surface area contributed by atoms with E-state index in [1.165, 1.54) is 0 Å². The molecule has 0 radical (unpaired) electrons. The lowest BCUT2D eigenvalue weighted by Gasteiger charge is -2.25. The first-order valence-corrected chi connectivity index (χ1v) is 7.79. The van der Waals surface area contributed by atoms with E-state index in [4.69, 9.17) is 9.47 Å². The van der Waals surface area contributed by atoms with Crippen LogP contribution in [0.2, 0.25) is 0 Å². The van der Waals surface area contributed by atoms with Gasteiger partial charge in [-0.25, -0.2) is 0 Å². The van der Waals surface area contributed by atoms with Gasteiger partial charge in [0.2, 0.25) is 12.7 Å². The number of rotatable bonds is 6. The van der Waals surface area contributed by atoms with Gasteiger partial charge in [0.05, 0.1) is 12.6 Å². The maximum absolute atomic E-state index is 12.2. The highest BCUT2D eigenvalue weighted by molar-refractivity contribution is 5.79. The van der Waals surface area contributed by atoms with Gasteiger partial charge in [-0.05, 0) is 50.4 Å². The van der Waals surface area contributed by atoms with Gasteiger partial charge in [0.1, 0.15) is 5.54 Å². The van der Waals surface area contributed by atoms with Crippen LogP contribution in [-0.2, 0) is 11.3 Å². The Morgan fingerprint density at radius 2 is 2.17 bits per heavy atom. The predicted octanol–water partition coefficient (Wildman–Crippen LogP) is 1.66. The van der Waals surface area contributed by atoms with E-state index in [0.29, 0.717) is 6.54 Å². The van der Waals surface area contributed by atoms with Gasteiger partial charge in [-0.3, -0.25) is 9.69 Å². The number of carbonyl (C=O) groups excluding carboxylic acids is 1. The zero-order valence-electron chi connectivity index (χ0n) is 13.5. The maximum atomic E-state index is 12.2. The number of nitrogens with zero attached hydrogens (tertiary/aromatic N) is 2. The number of nitrogens with one attached hydrogen (secondary N) is 1. The monoisotopic (exact) mass is 315 g/mol. The van der Waals surface area contributed by atoms with Crippen molar-refractivity contribution in [1.82, 2.24) is 10.2 Å². The van der Waals surface area contributed by atoms with E-state index >= 15 is 0 Å². The minimum Gasteiger partial charge on any atom is -0.454 e. The van der Waals surface area contributed by atoms with Gasteiger partial charge in [0.25, 0.3) is 0 Å². The molecular weight excluding hydrogens is 294 g/mol. The van der Waals surface area contributed by atoms with Gasteiger partial charge < -0.3 is 14.8 Å². The average Bonchev–Trinajstić information content (AvgIpc) is 3.26. The fraction of sp³-hybridized carbons (Fsp3) is 0.529. The van der Waals surface area contributed by atoms with Gasteiger partial charge in [-0.15, -0.1) is 0 Å². The third kappa shape index (κ3) is 3.57. The van der Waals surface area contributed by atoms with Crippen molar-refractivity contribution in [2.75, 3.05) is 20.4 Å². The quantitative estimate of drug-likeness (QED) is 0.864. The van der Waals surface area contributed by atoms with Gasteiger partial charge in [0.15, 0.2) is 11.5 Å². The van der Waals surface area contributed by atoms with Crippen molar-refractivity contribution in [3.05, 3.63) is 23.8 Å². The van der Waals surface area contributed by atoms with Gasteiger partial charge >= 0.3 is 0 Å². The average molecular weight is 315 g/mol. The number of benzene rings is 1. The fourth-order valence-corrected chi connectivity index (χ4v) is 2.86. The molecule has 0 bridgehead atoms. The van der Waals surface area contributed by atoms with Crippen molar-refractivity contribution >= 4 is 5.91 Å². The highest BCUT2D eigenvalue weighted by Crippen LogP contribution is 2.39. The Bertz CT molecular complexity index is 651. The molecule has 122 valence electrons. The van der Waals surface area contributed by atoms with Gasteiger partial charge in [-0.2, -0.15) is 5.26 Å². The Morgan fingerprint density at radius 1 is 1.43 bits per heavy atom. The lowest BCUT2D eigenvalue weighted by atomic mass is 9.98. The molecule has 2 aliphatic rings. The normalized spacial score (nSPS) is 18.3. The van der Waals surface area contributed by atoms with Crippen LogP contribution in [0.15, 0.2) is 18.2 Å². The molecule has 6 nitrogen and oxygen atoms in total. The van der Waals surface area contributed by atoms with Crippen molar-refractivity contribution < 1.29 is 14.3 Å². The molecule has 1 N–H and O–H groups in total. The van der Waals surface area contributed by atoms with Crippen LogP contribution < -0.4 is 14.8 Å². The molecule has 1 heterocycles. The topological polar surface area (TPSA) is 74.6 Å². The van der Waals surface area contributed by atoms with E-state index in [1.807, 2.05) is 30.1 Å². The molecule has 0 unspecified atom stereocenters. The SMILES string of the molecule is CN(CC(=O)N[C@](C)(C#N)C1CC1)Cc1ccc2c(c1)OCO2. The highest BCUT2D eigenvalue weighted by Gasteiger charge is 2.43. The molecular formula is C17H21N3O3. The summed E-state index contributed by atoms with van der Waals surface area (Å²) in [5.41, 5.74) is 0.311. The first-order valence-electron chi connectivity index (χ1n) is 7.79. The lowest BCUT2D eigenvalue weighted by Crippen LogP contribution is -2.49. The summed E-state index contributed by atoms with van der Waals surface area (Å²) in [5, 5.41) is 12.2. The molecule has 0 spiro atoms. The molecule has 23 heavy (non-hydrogen) atoms. The minimum atomic E-state index is -0.739. The molecule has 0 aromatic heterocycles. The molecule has 1 aliphatic carbocycles. The summed E-state index contributed by atoms with van der Waals surface area (Å²) in [6.07, 6.45) is 2.02. The number of hydrogen-bond acceptors (Lipinski definition) is 5. The number of amides is 1. The van der Waals surface area contributed by atoms with E-state index < -0.39 is 5.54 Å². The second-order valence-electron chi connectivity index (χ2n) is 6.50. The number of carbonyl (C=O) groups is 1. The van der Waals surface area contributed by atoms with Crippen LogP contribution in [0.1, 0.15) is 25.3 Å². The Balaban J connectivity index is 1.53. The number of hydrogen-bond donors (Lipinski definition) is 1. The Kier molecular flexibility index (Phi) is 4.14. The molecule has 3 rings (SSSR count). The minimum absolute atomic E-state index is 0.121. The van der Waals surface area contributed by atoms with Crippen molar-refractivity contribution in [2.24, 2.45) is 5.92 Å². The van der Waals surface area contributed by atoms with Crippen LogP contribution in [-0.4, -0.2) is 36.7 Å². The lowest BCUT2D eigenvalue weighted by molar-refractivity contribution is -0.123. The van der Waals surface area contributed by atoms with Crippen molar-refractivity contribution in [1.29, 1.82) is 5.26 Å². The number of likely N-dealkylation sites (N-methyl/N-ethyl adjacent to an activating group) is 1. The van der Waals surface area contributed by atoms with E-state index in [-0.39, 0.29) is 25.2 Å². The van der Waals surface area contributed by atoms with Crippen molar-refractivity contribution in [3.63, 3.8) is 0 Å². The summed E-state index contributed by atoms with van der Waals surface area (Å²) in [5.74, 6) is 1.66. The smallest absolute Gasteiger partial charge is 0.235 e. The van der Waals surface area contributed by atoms with Crippen molar-refractivity contribution in [2.45, 2.75) is 31.8 Å². The molecule has 6 heteroatoms. The van der Waals surface area contributed by atoms with E-state index in [1.54, 1.807) is 6.92 Å². The second-order valence-corrected chi connectivity index (χ2v) is 6.50. The highest BCUT2D eigenvalue weighted by atomic mass is 16.7. The summed E-state index contributed by atoms with van der Waals surface area (Å²) in [6, 6.07) is 8.02. The first-order chi connectivity index (χ1) is 11.0. The van der Waals surface area contributed by atoms with Crippen LogP contribution in [0.5, 0.6) is 11.5 Å². The van der Waals surface area contributed by atoms with Crippen molar-refractivity contribution in [3.8, 4) is 17.6 Å². The fourth-order valence-electron chi connectivity index (χ4n) is 2.86. The van der Waals surface area contributed by atoms with Crippen LogP contribution in [0.4, 0.5) is 0 Å². The van der Waals surface area contributed by atoms with Crippen LogP contribution in [0, 0.1) is 17.2 Å². The summed E-state index contributed by atoms with van der Waals surface area (Å²) in [7, 11) is 1.88. The molecule has 1 saturated carbocycles. The summed E-state index contributed by atoms with van der Waals surface area (Å²) < 4.78 is 10.6. The van der Waals surface area contributed by atoms with Gasteiger partial charge in [0, 0.05) is 6.54 Å². The molecule has 1 aromatic carbocycles. The molecule has 0 saturated heterocycles. The van der Waals surface area contributed by atoms with Crippen LogP contribution in [0.3, 0.4) is 0 Å². The number of fused-ring (bicyclic) bond motifs is 1. The Hall–Kier alpha value is -2.26. The second kappa shape index (κ2) is 6.09. The molecule has 1 amide bonds. The largest absolute Gasteiger partial charge is 0.454 e. The van der Waals surface area contributed by atoms with E-state index in [2.05, 4.69) is 11.4 Å². The Labute approximate surface area is 136 Å². The van der Waals surface area contributed by atoms with Crippen LogP contribution in [0.25, 0.3) is 0 Å². The zero-order chi connectivity index (χ0) is 16.4. The van der Waals surface area contributed by atoms with Crippen LogP contribution >= 0.6 is 0 Å². The number of ether oxygens (including phenoxy) is 2. The molecule has 1 fully saturated rings. The first kappa shape index (κ1) is 15.6. The number of nitriles is 1. The summed E-state index contributed by atoms with van der Waals surface area (Å²) >= 11 is 0. The molecule has 1 aliphatic heterocycles. The zero-order valence-corrected chi connectivity index (χ0v) is 13.5. The standard InChI is InChI=1S/C17H21N3O3/c1-17(10-18,13-4-5-13)19-16(21)9-20(2)8-12-3-6-14-15(7-12)23-11-22-14/h3,6-7,13H,4-5,8-9,11H2,1-2H3,(H,19,21)/t17-/m1/s1. The van der Waals surface area contributed by atoms with E-state index in [9.17, 15) is 10.1 Å². The maximum Gasteiger partial charge on any atom is 0.235 e.